The van der Waals surface area contributed by atoms with Crippen LogP contribution in [0, 0.1) is 0 Å². The van der Waals surface area contributed by atoms with Crippen LogP contribution in [0.1, 0.15) is 34.8 Å². The Hall–Kier alpha value is -1.15. The molecular weight excluding hydrogens is 164 g/mol. The van der Waals surface area contributed by atoms with Crippen molar-refractivity contribution in [3.05, 3.63) is 34.9 Å². The molecule has 0 spiro atoms. The maximum absolute atomic E-state index is 11.5. The van der Waals surface area contributed by atoms with Crippen LogP contribution in [0.25, 0.3) is 0 Å². The molecule has 1 aromatic rings. The molecule has 13 heavy (non-hydrogen) atoms. The minimum Gasteiger partial charge on any atom is -0.372 e. The van der Waals surface area contributed by atoms with E-state index in [0.717, 1.165) is 11.1 Å². The van der Waals surface area contributed by atoms with Gasteiger partial charge in [-0.3, -0.25) is 4.79 Å². The van der Waals surface area contributed by atoms with Gasteiger partial charge in [-0.1, -0.05) is 25.1 Å². The first kappa shape index (κ1) is 8.45. The molecule has 0 bridgehead atoms. The average molecular weight is 176 g/mol. The van der Waals surface area contributed by atoms with Gasteiger partial charge in [-0.05, 0) is 11.1 Å². The molecule has 0 fully saturated rings. The lowest BCUT2D eigenvalue weighted by Crippen LogP contribution is -2.01. The zero-order chi connectivity index (χ0) is 9.26. The van der Waals surface area contributed by atoms with Crippen LogP contribution in [0.15, 0.2) is 18.2 Å². The molecule has 0 amide bonds. The Morgan fingerprint density at radius 1 is 1.46 bits per heavy atom. The van der Waals surface area contributed by atoms with Crippen molar-refractivity contribution < 1.29 is 9.53 Å². The number of hydrogen-bond acceptors (Lipinski definition) is 2. The van der Waals surface area contributed by atoms with Gasteiger partial charge in [0, 0.05) is 12.0 Å². The van der Waals surface area contributed by atoms with Gasteiger partial charge in [0.15, 0.2) is 5.78 Å². The number of fused-ring (bicyclic) bond motifs is 1. The fourth-order valence-corrected chi connectivity index (χ4v) is 1.66. The Labute approximate surface area is 77.5 Å². The summed E-state index contributed by atoms with van der Waals surface area (Å²) in [5, 5.41) is 0. The van der Waals surface area contributed by atoms with Gasteiger partial charge in [-0.2, -0.15) is 0 Å². The van der Waals surface area contributed by atoms with Gasteiger partial charge >= 0.3 is 0 Å². The van der Waals surface area contributed by atoms with E-state index in [1.54, 1.807) is 0 Å². The molecule has 0 radical (unpaired) electrons. The standard InChI is InChI=1S/C11H12O2/c1-2-11(12)9-5-3-4-8-6-13-7-10(8)9/h3-5H,2,6-7H2,1H3. The summed E-state index contributed by atoms with van der Waals surface area (Å²) in [5.41, 5.74) is 3.10. The second-order valence-corrected chi connectivity index (χ2v) is 3.21. The summed E-state index contributed by atoms with van der Waals surface area (Å²) in [6, 6.07) is 5.84. The van der Waals surface area contributed by atoms with E-state index in [-0.39, 0.29) is 5.78 Å². The van der Waals surface area contributed by atoms with Crippen molar-refractivity contribution in [2.75, 3.05) is 0 Å². The maximum atomic E-state index is 11.5. The van der Waals surface area contributed by atoms with E-state index < -0.39 is 0 Å². The van der Waals surface area contributed by atoms with Crippen molar-refractivity contribution in [1.82, 2.24) is 0 Å². The smallest absolute Gasteiger partial charge is 0.162 e. The van der Waals surface area contributed by atoms with Crippen LogP contribution in [0.3, 0.4) is 0 Å². The number of ether oxygens (including phenoxy) is 1. The highest BCUT2D eigenvalue weighted by Gasteiger charge is 2.17. The molecule has 0 aromatic heterocycles. The van der Waals surface area contributed by atoms with E-state index in [0.29, 0.717) is 19.6 Å². The van der Waals surface area contributed by atoms with E-state index in [2.05, 4.69) is 0 Å². The van der Waals surface area contributed by atoms with Gasteiger partial charge in [0.05, 0.1) is 13.2 Å². The summed E-state index contributed by atoms with van der Waals surface area (Å²) in [6.45, 7) is 3.13. The molecule has 1 aromatic carbocycles. The third kappa shape index (κ3) is 1.38. The highest BCUT2D eigenvalue weighted by Crippen LogP contribution is 2.24. The first-order chi connectivity index (χ1) is 6.33. The fraction of sp³-hybridized carbons (Fsp3) is 0.364. The molecule has 0 saturated carbocycles. The van der Waals surface area contributed by atoms with E-state index >= 15 is 0 Å². The number of hydrogen-bond donors (Lipinski definition) is 0. The molecule has 0 unspecified atom stereocenters. The fourth-order valence-electron chi connectivity index (χ4n) is 1.66. The second kappa shape index (κ2) is 3.30. The van der Waals surface area contributed by atoms with Gasteiger partial charge in [-0.15, -0.1) is 0 Å². The summed E-state index contributed by atoms with van der Waals surface area (Å²) in [4.78, 5) is 11.5. The summed E-state index contributed by atoms with van der Waals surface area (Å²) in [6.07, 6.45) is 0.566. The van der Waals surface area contributed by atoms with Crippen LogP contribution in [-0.2, 0) is 18.0 Å². The number of rotatable bonds is 2. The van der Waals surface area contributed by atoms with Crippen molar-refractivity contribution in [1.29, 1.82) is 0 Å². The third-order valence-electron chi connectivity index (χ3n) is 2.40. The molecule has 0 atom stereocenters. The molecule has 2 rings (SSSR count). The average Bonchev–Trinajstić information content (AvgIpc) is 2.63. The molecule has 1 aliphatic heterocycles. The first-order valence-corrected chi connectivity index (χ1v) is 4.54. The summed E-state index contributed by atoms with van der Waals surface area (Å²) >= 11 is 0. The van der Waals surface area contributed by atoms with Crippen molar-refractivity contribution in [2.24, 2.45) is 0 Å². The Kier molecular flexibility index (Phi) is 2.15. The minimum absolute atomic E-state index is 0.211. The van der Waals surface area contributed by atoms with Gasteiger partial charge in [0.25, 0.3) is 0 Å². The SMILES string of the molecule is CCC(=O)c1cccc2c1COC2. The van der Waals surface area contributed by atoms with Crippen LogP contribution in [0.2, 0.25) is 0 Å². The highest BCUT2D eigenvalue weighted by molar-refractivity contribution is 5.97. The molecule has 68 valence electrons. The second-order valence-electron chi connectivity index (χ2n) is 3.21. The van der Waals surface area contributed by atoms with Crippen LogP contribution in [-0.4, -0.2) is 5.78 Å². The largest absolute Gasteiger partial charge is 0.372 e. The quantitative estimate of drug-likeness (QED) is 0.646. The summed E-state index contributed by atoms with van der Waals surface area (Å²) in [7, 11) is 0. The van der Waals surface area contributed by atoms with Crippen LogP contribution in [0.5, 0.6) is 0 Å². The zero-order valence-electron chi connectivity index (χ0n) is 7.67. The van der Waals surface area contributed by atoms with Crippen molar-refractivity contribution in [3.63, 3.8) is 0 Å². The molecule has 2 nitrogen and oxygen atoms in total. The predicted octanol–water partition coefficient (Wildman–Crippen LogP) is 2.31. The molecule has 0 aliphatic carbocycles. The minimum atomic E-state index is 0.211. The molecule has 0 N–H and O–H groups in total. The van der Waals surface area contributed by atoms with Crippen molar-refractivity contribution >= 4 is 5.78 Å². The molecule has 1 heterocycles. The predicted molar refractivity (Wildman–Crippen MR) is 49.6 cm³/mol. The Bertz CT molecular complexity index is 342. The number of Topliss-reactive ketones (excluding diaryl/α,β-unsaturated/α-hetero) is 1. The maximum Gasteiger partial charge on any atom is 0.162 e. The van der Waals surface area contributed by atoms with Gasteiger partial charge in [0.2, 0.25) is 0 Å². The van der Waals surface area contributed by atoms with Crippen LogP contribution >= 0.6 is 0 Å². The normalized spacial score (nSPS) is 14.2. The van der Waals surface area contributed by atoms with Crippen molar-refractivity contribution in [3.8, 4) is 0 Å². The number of carbonyl (C=O) groups is 1. The molecule has 0 saturated heterocycles. The Morgan fingerprint density at radius 3 is 3.08 bits per heavy atom. The third-order valence-corrected chi connectivity index (χ3v) is 2.40. The van der Waals surface area contributed by atoms with E-state index in [4.69, 9.17) is 4.74 Å². The van der Waals surface area contributed by atoms with Crippen LogP contribution < -0.4 is 0 Å². The molecular formula is C11H12O2. The lowest BCUT2D eigenvalue weighted by molar-refractivity contribution is 0.0982. The van der Waals surface area contributed by atoms with Crippen molar-refractivity contribution in [2.45, 2.75) is 26.6 Å². The monoisotopic (exact) mass is 176 g/mol. The lowest BCUT2D eigenvalue weighted by Gasteiger charge is -2.03. The van der Waals surface area contributed by atoms with Gasteiger partial charge in [-0.25, -0.2) is 0 Å². The molecule has 2 heteroatoms. The lowest BCUT2D eigenvalue weighted by atomic mass is 9.99. The first-order valence-electron chi connectivity index (χ1n) is 4.54. The molecule has 1 aliphatic rings. The van der Waals surface area contributed by atoms with E-state index in [1.807, 2.05) is 25.1 Å². The van der Waals surface area contributed by atoms with Gasteiger partial charge < -0.3 is 4.74 Å². The highest BCUT2D eigenvalue weighted by atomic mass is 16.5. The van der Waals surface area contributed by atoms with E-state index in [1.165, 1.54) is 5.56 Å². The Morgan fingerprint density at radius 2 is 2.31 bits per heavy atom. The summed E-state index contributed by atoms with van der Waals surface area (Å²) < 4.78 is 5.30. The number of carbonyl (C=O) groups excluding carboxylic acids is 1. The summed E-state index contributed by atoms with van der Waals surface area (Å²) in [5.74, 6) is 0.211. The van der Waals surface area contributed by atoms with E-state index in [9.17, 15) is 4.79 Å². The van der Waals surface area contributed by atoms with Crippen LogP contribution in [0.4, 0.5) is 0 Å². The topological polar surface area (TPSA) is 26.3 Å². The number of ketones is 1. The van der Waals surface area contributed by atoms with Gasteiger partial charge in [0.1, 0.15) is 0 Å². The number of benzene rings is 1. The zero-order valence-corrected chi connectivity index (χ0v) is 7.67. The Balaban J connectivity index is 2.47.